The first-order valence-corrected chi connectivity index (χ1v) is 11.3. The summed E-state index contributed by atoms with van der Waals surface area (Å²) in [6, 6.07) is 14.2. The van der Waals surface area contributed by atoms with Crippen molar-refractivity contribution < 1.29 is 18.4 Å². The normalized spacial score (nSPS) is 21.1. The maximum Gasteiger partial charge on any atom is 0.231 e. The fraction of sp³-hybridized carbons (Fsp3) is 0.190. The van der Waals surface area contributed by atoms with Crippen LogP contribution in [0.25, 0.3) is 5.69 Å². The summed E-state index contributed by atoms with van der Waals surface area (Å²) >= 11 is 0. The van der Waals surface area contributed by atoms with E-state index in [1.807, 2.05) is 6.07 Å². The summed E-state index contributed by atoms with van der Waals surface area (Å²) in [5.74, 6) is -0.612. The number of oxime groups is 1. The molecule has 1 aliphatic rings. The molecule has 0 spiro atoms. The van der Waals surface area contributed by atoms with Crippen LogP contribution in [0.15, 0.2) is 71.2 Å². The van der Waals surface area contributed by atoms with E-state index in [2.05, 4.69) is 10.1 Å². The highest BCUT2D eigenvalue weighted by molar-refractivity contribution is 7.90. The van der Waals surface area contributed by atoms with Gasteiger partial charge in [-0.15, -0.1) is 0 Å². The number of amidine groups is 1. The van der Waals surface area contributed by atoms with E-state index < -0.39 is 21.2 Å². The lowest BCUT2D eigenvalue weighted by Crippen LogP contribution is -2.30. The fourth-order valence-electron chi connectivity index (χ4n) is 4.05. The van der Waals surface area contributed by atoms with Crippen LogP contribution in [0.5, 0.6) is 0 Å². The van der Waals surface area contributed by atoms with Crippen molar-refractivity contribution in [3.63, 3.8) is 0 Å². The highest BCUT2D eigenvalue weighted by Crippen LogP contribution is 2.60. The highest BCUT2D eigenvalue weighted by atomic mass is 32.2. The fourth-order valence-corrected chi connectivity index (χ4v) is 4.83. The molecule has 9 nitrogen and oxygen atoms in total. The molecule has 1 aromatic heterocycles. The molecule has 0 aliphatic heterocycles. The number of imidazole rings is 1. The number of carbonyl (C=O) groups excluding carboxylic acids is 1. The van der Waals surface area contributed by atoms with Gasteiger partial charge in [-0.05, 0) is 35.7 Å². The minimum atomic E-state index is -3.50. The van der Waals surface area contributed by atoms with E-state index in [9.17, 15) is 13.2 Å². The van der Waals surface area contributed by atoms with Crippen molar-refractivity contribution >= 4 is 21.6 Å². The van der Waals surface area contributed by atoms with E-state index in [0.29, 0.717) is 17.7 Å². The molecule has 4 rings (SSSR count). The SMILES string of the molecule is CS(=O)(=O)c1nccn1-c1ccc(C2(C(N)=O)CC2c2cccc(C(N)=NO)c2)cc1. The van der Waals surface area contributed by atoms with E-state index in [1.165, 1.54) is 10.8 Å². The molecule has 31 heavy (non-hydrogen) atoms. The van der Waals surface area contributed by atoms with Crippen LogP contribution >= 0.6 is 0 Å². The molecule has 5 N–H and O–H groups in total. The van der Waals surface area contributed by atoms with Crippen LogP contribution in [0.4, 0.5) is 0 Å². The second-order valence-electron chi connectivity index (χ2n) is 7.60. The Balaban J connectivity index is 1.69. The molecule has 160 valence electrons. The van der Waals surface area contributed by atoms with Crippen LogP contribution in [-0.4, -0.2) is 41.2 Å². The minimum absolute atomic E-state index is 0.0152. The zero-order valence-corrected chi connectivity index (χ0v) is 17.5. The van der Waals surface area contributed by atoms with Gasteiger partial charge in [0.1, 0.15) is 0 Å². The van der Waals surface area contributed by atoms with Gasteiger partial charge in [0, 0.05) is 35.8 Å². The number of primary amides is 1. The lowest BCUT2D eigenvalue weighted by molar-refractivity contribution is -0.120. The molecule has 1 aliphatic carbocycles. The van der Waals surface area contributed by atoms with Crippen molar-refractivity contribution in [2.75, 3.05) is 6.26 Å². The molecule has 2 aromatic carbocycles. The quantitative estimate of drug-likeness (QED) is 0.228. The number of amides is 1. The molecule has 0 saturated heterocycles. The van der Waals surface area contributed by atoms with Gasteiger partial charge in [0.15, 0.2) is 5.84 Å². The summed E-state index contributed by atoms with van der Waals surface area (Å²) in [6.07, 6.45) is 4.61. The number of nitrogens with zero attached hydrogens (tertiary/aromatic N) is 3. The van der Waals surface area contributed by atoms with Gasteiger partial charge in [0.25, 0.3) is 0 Å². The lowest BCUT2D eigenvalue weighted by atomic mass is 9.89. The molecule has 1 heterocycles. The van der Waals surface area contributed by atoms with Crippen molar-refractivity contribution in [3.8, 4) is 5.69 Å². The van der Waals surface area contributed by atoms with E-state index >= 15 is 0 Å². The Bertz CT molecular complexity index is 1300. The summed E-state index contributed by atoms with van der Waals surface area (Å²) in [7, 11) is -3.50. The molecule has 2 unspecified atom stereocenters. The molecule has 0 bridgehead atoms. The summed E-state index contributed by atoms with van der Waals surface area (Å²) < 4.78 is 25.3. The first kappa shape index (κ1) is 20.6. The molecule has 1 saturated carbocycles. The predicted octanol–water partition coefficient (Wildman–Crippen LogP) is 1.28. The van der Waals surface area contributed by atoms with Gasteiger partial charge in [-0.2, -0.15) is 0 Å². The summed E-state index contributed by atoms with van der Waals surface area (Å²) in [6.45, 7) is 0. The van der Waals surface area contributed by atoms with Crippen LogP contribution in [-0.2, 0) is 20.0 Å². The second-order valence-corrected chi connectivity index (χ2v) is 9.51. The van der Waals surface area contributed by atoms with Gasteiger partial charge < -0.3 is 16.7 Å². The van der Waals surface area contributed by atoms with Crippen molar-refractivity contribution in [1.29, 1.82) is 0 Å². The van der Waals surface area contributed by atoms with E-state index in [4.69, 9.17) is 16.7 Å². The van der Waals surface area contributed by atoms with E-state index in [1.54, 1.807) is 48.7 Å². The van der Waals surface area contributed by atoms with Crippen LogP contribution in [0, 0.1) is 0 Å². The monoisotopic (exact) mass is 439 g/mol. The van der Waals surface area contributed by atoms with Crippen molar-refractivity contribution in [2.45, 2.75) is 22.9 Å². The van der Waals surface area contributed by atoms with Crippen LogP contribution < -0.4 is 11.5 Å². The third kappa shape index (κ3) is 3.44. The molecule has 2 atom stereocenters. The molecular formula is C21H21N5O4S. The number of benzene rings is 2. The second kappa shape index (κ2) is 7.24. The molecule has 1 fully saturated rings. The minimum Gasteiger partial charge on any atom is -0.409 e. The maximum atomic E-state index is 12.5. The van der Waals surface area contributed by atoms with Gasteiger partial charge in [-0.3, -0.25) is 9.36 Å². The Morgan fingerprint density at radius 2 is 1.94 bits per heavy atom. The molecule has 1 amide bonds. The summed E-state index contributed by atoms with van der Waals surface area (Å²) in [4.78, 5) is 16.4. The smallest absolute Gasteiger partial charge is 0.231 e. The van der Waals surface area contributed by atoms with Gasteiger partial charge in [0.2, 0.25) is 20.9 Å². The van der Waals surface area contributed by atoms with E-state index in [-0.39, 0.29) is 16.9 Å². The summed E-state index contributed by atoms with van der Waals surface area (Å²) in [5.41, 5.74) is 13.4. The van der Waals surface area contributed by atoms with Gasteiger partial charge >= 0.3 is 0 Å². The van der Waals surface area contributed by atoms with E-state index in [0.717, 1.165) is 17.4 Å². The third-order valence-electron chi connectivity index (χ3n) is 5.69. The Hall–Kier alpha value is -3.66. The topological polar surface area (TPSA) is 154 Å². The molecule has 0 radical (unpaired) electrons. The molecule has 3 aromatic rings. The van der Waals surface area contributed by atoms with Crippen LogP contribution in [0.1, 0.15) is 29.0 Å². The zero-order chi connectivity index (χ0) is 22.4. The van der Waals surface area contributed by atoms with Crippen molar-refractivity contribution in [3.05, 3.63) is 77.6 Å². The third-order valence-corrected chi connectivity index (χ3v) is 6.66. The van der Waals surface area contributed by atoms with Crippen LogP contribution in [0.3, 0.4) is 0 Å². The average Bonchev–Trinajstić information content (AvgIpc) is 3.32. The number of carbonyl (C=O) groups is 1. The van der Waals surface area contributed by atoms with Gasteiger partial charge in [-0.25, -0.2) is 13.4 Å². The Labute approximate surface area is 178 Å². The number of rotatable bonds is 6. The highest BCUT2D eigenvalue weighted by Gasteiger charge is 2.60. The van der Waals surface area contributed by atoms with Gasteiger partial charge in [-0.1, -0.05) is 35.5 Å². The van der Waals surface area contributed by atoms with Crippen LogP contribution in [0.2, 0.25) is 0 Å². The van der Waals surface area contributed by atoms with Crippen molar-refractivity contribution in [1.82, 2.24) is 9.55 Å². The molecular weight excluding hydrogens is 418 g/mol. The number of aromatic nitrogens is 2. The van der Waals surface area contributed by atoms with Gasteiger partial charge in [0.05, 0.1) is 5.41 Å². The largest absolute Gasteiger partial charge is 0.409 e. The molecule has 10 heteroatoms. The number of hydrogen-bond donors (Lipinski definition) is 3. The number of sulfone groups is 1. The zero-order valence-electron chi connectivity index (χ0n) is 16.6. The van der Waals surface area contributed by atoms with Crippen molar-refractivity contribution in [2.24, 2.45) is 16.6 Å². The Morgan fingerprint density at radius 3 is 2.55 bits per heavy atom. The predicted molar refractivity (Wildman–Crippen MR) is 114 cm³/mol. The first-order chi connectivity index (χ1) is 14.7. The average molecular weight is 439 g/mol. The summed E-state index contributed by atoms with van der Waals surface area (Å²) in [5, 5.41) is 11.9. The Kier molecular flexibility index (Phi) is 4.81. The standard InChI is InChI=1S/C21H21N5O4S/c1-31(29,30)20-24-9-10-26(20)16-7-5-15(6-8-16)21(19(23)27)12-17(21)13-3-2-4-14(11-13)18(22)25-28/h2-11,17,28H,12H2,1H3,(H2,22,25)(H2,23,27). The number of nitrogens with two attached hydrogens (primary N) is 2. The maximum absolute atomic E-state index is 12.5. The number of hydrogen-bond acceptors (Lipinski definition) is 6. The Morgan fingerprint density at radius 1 is 1.23 bits per heavy atom. The first-order valence-electron chi connectivity index (χ1n) is 9.40. The lowest BCUT2D eigenvalue weighted by Gasteiger charge is -2.16.